The number of hydrogen-bond donors (Lipinski definition) is 1. The van der Waals surface area contributed by atoms with Gasteiger partial charge in [-0.05, 0) is 18.9 Å². The van der Waals surface area contributed by atoms with Crippen LogP contribution in [0.25, 0.3) is 0 Å². The van der Waals surface area contributed by atoms with E-state index in [2.05, 4.69) is 25.7 Å². The predicted molar refractivity (Wildman–Crippen MR) is 72.2 cm³/mol. The molecule has 0 fully saturated rings. The minimum absolute atomic E-state index is 0.265. The lowest BCUT2D eigenvalue weighted by Gasteiger charge is -2.27. The first-order chi connectivity index (χ1) is 8.04. The van der Waals surface area contributed by atoms with Gasteiger partial charge in [0.2, 0.25) is 0 Å². The van der Waals surface area contributed by atoms with Crippen molar-refractivity contribution in [2.75, 3.05) is 19.6 Å². The van der Waals surface area contributed by atoms with Crippen molar-refractivity contribution >= 4 is 5.97 Å². The third-order valence-corrected chi connectivity index (χ3v) is 3.46. The Labute approximate surface area is 106 Å². The quantitative estimate of drug-likeness (QED) is 0.640. The molecule has 102 valence electrons. The first-order valence-electron chi connectivity index (χ1n) is 7.00. The van der Waals surface area contributed by atoms with E-state index in [1.54, 1.807) is 6.92 Å². The normalized spacial score (nSPS) is 14.9. The van der Waals surface area contributed by atoms with E-state index in [0.717, 1.165) is 19.0 Å². The summed E-state index contributed by atoms with van der Waals surface area (Å²) >= 11 is 0. The second-order valence-electron chi connectivity index (χ2n) is 5.01. The van der Waals surface area contributed by atoms with E-state index < -0.39 is 5.97 Å². The van der Waals surface area contributed by atoms with Gasteiger partial charge in [-0.1, -0.05) is 47.0 Å². The van der Waals surface area contributed by atoms with E-state index in [1.807, 2.05) is 0 Å². The number of carboxylic acids is 1. The Balaban J connectivity index is 4.12. The lowest BCUT2D eigenvalue weighted by molar-refractivity contribution is -0.141. The van der Waals surface area contributed by atoms with Crippen LogP contribution in [0.3, 0.4) is 0 Å². The minimum Gasteiger partial charge on any atom is -0.481 e. The van der Waals surface area contributed by atoms with Gasteiger partial charge in [0.05, 0.1) is 5.92 Å². The maximum Gasteiger partial charge on any atom is 0.307 e. The van der Waals surface area contributed by atoms with Crippen LogP contribution < -0.4 is 0 Å². The molecular weight excluding hydrogens is 214 g/mol. The highest BCUT2D eigenvalue weighted by Gasteiger charge is 2.17. The van der Waals surface area contributed by atoms with Crippen molar-refractivity contribution in [3.8, 4) is 0 Å². The summed E-state index contributed by atoms with van der Waals surface area (Å²) < 4.78 is 0. The Morgan fingerprint density at radius 1 is 1.24 bits per heavy atom. The van der Waals surface area contributed by atoms with Gasteiger partial charge in [0, 0.05) is 13.1 Å². The van der Waals surface area contributed by atoms with Gasteiger partial charge in [-0.3, -0.25) is 4.79 Å². The molecule has 0 saturated heterocycles. The highest BCUT2D eigenvalue weighted by molar-refractivity contribution is 5.69. The van der Waals surface area contributed by atoms with E-state index in [-0.39, 0.29) is 5.92 Å². The number of aliphatic carboxylic acids is 1. The van der Waals surface area contributed by atoms with Crippen LogP contribution in [-0.4, -0.2) is 35.6 Å². The number of rotatable bonds is 10. The SMILES string of the molecule is CCCCC(CC)CN(CC)CC(C)C(=O)O. The van der Waals surface area contributed by atoms with Crippen molar-refractivity contribution < 1.29 is 9.90 Å². The van der Waals surface area contributed by atoms with Crippen LogP contribution in [-0.2, 0) is 4.79 Å². The highest BCUT2D eigenvalue weighted by atomic mass is 16.4. The largest absolute Gasteiger partial charge is 0.481 e. The fraction of sp³-hybridized carbons (Fsp3) is 0.929. The smallest absolute Gasteiger partial charge is 0.307 e. The number of carbonyl (C=O) groups is 1. The van der Waals surface area contributed by atoms with Crippen molar-refractivity contribution in [2.24, 2.45) is 11.8 Å². The molecule has 0 bridgehead atoms. The van der Waals surface area contributed by atoms with Gasteiger partial charge in [0.15, 0.2) is 0 Å². The molecule has 0 heterocycles. The van der Waals surface area contributed by atoms with Crippen molar-refractivity contribution in [3.63, 3.8) is 0 Å². The molecule has 3 nitrogen and oxygen atoms in total. The van der Waals surface area contributed by atoms with Crippen LogP contribution in [0.5, 0.6) is 0 Å². The van der Waals surface area contributed by atoms with Crippen molar-refractivity contribution in [1.82, 2.24) is 4.90 Å². The van der Waals surface area contributed by atoms with Gasteiger partial charge in [-0.25, -0.2) is 0 Å². The van der Waals surface area contributed by atoms with E-state index in [4.69, 9.17) is 5.11 Å². The number of carboxylic acid groups (broad SMARTS) is 1. The lowest BCUT2D eigenvalue weighted by atomic mass is 9.98. The summed E-state index contributed by atoms with van der Waals surface area (Å²) in [4.78, 5) is 13.1. The van der Waals surface area contributed by atoms with Crippen LogP contribution in [0, 0.1) is 11.8 Å². The average molecular weight is 243 g/mol. The molecule has 0 aliphatic rings. The van der Waals surface area contributed by atoms with Crippen LogP contribution in [0.15, 0.2) is 0 Å². The van der Waals surface area contributed by atoms with Crippen molar-refractivity contribution in [3.05, 3.63) is 0 Å². The first kappa shape index (κ1) is 16.4. The Hall–Kier alpha value is -0.570. The van der Waals surface area contributed by atoms with Gasteiger partial charge < -0.3 is 10.0 Å². The molecule has 0 aromatic rings. The number of hydrogen-bond acceptors (Lipinski definition) is 2. The number of unbranched alkanes of at least 4 members (excludes halogenated alkanes) is 1. The zero-order valence-corrected chi connectivity index (χ0v) is 11.9. The van der Waals surface area contributed by atoms with Gasteiger partial charge in [-0.2, -0.15) is 0 Å². The molecule has 0 saturated carbocycles. The summed E-state index contributed by atoms with van der Waals surface area (Å²) in [5.74, 6) is -0.236. The van der Waals surface area contributed by atoms with Gasteiger partial charge in [0.1, 0.15) is 0 Å². The summed E-state index contributed by atoms with van der Waals surface area (Å²) in [7, 11) is 0. The molecule has 0 amide bonds. The zero-order valence-electron chi connectivity index (χ0n) is 11.9. The van der Waals surface area contributed by atoms with Gasteiger partial charge in [0.25, 0.3) is 0 Å². The molecule has 2 unspecified atom stereocenters. The summed E-state index contributed by atoms with van der Waals surface area (Å²) in [6.07, 6.45) is 4.99. The third-order valence-electron chi connectivity index (χ3n) is 3.46. The molecule has 0 radical (unpaired) electrons. The van der Waals surface area contributed by atoms with E-state index >= 15 is 0 Å². The molecule has 2 atom stereocenters. The molecule has 3 heteroatoms. The van der Waals surface area contributed by atoms with Crippen molar-refractivity contribution in [2.45, 2.75) is 53.4 Å². The maximum atomic E-state index is 10.9. The second-order valence-corrected chi connectivity index (χ2v) is 5.01. The number of nitrogens with zero attached hydrogens (tertiary/aromatic N) is 1. The molecular formula is C14H29NO2. The Morgan fingerprint density at radius 3 is 2.29 bits per heavy atom. The van der Waals surface area contributed by atoms with Crippen LogP contribution in [0.1, 0.15) is 53.4 Å². The monoisotopic (exact) mass is 243 g/mol. The maximum absolute atomic E-state index is 10.9. The molecule has 0 aromatic carbocycles. The Bertz CT molecular complexity index is 206. The second kappa shape index (κ2) is 9.46. The molecule has 1 N–H and O–H groups in total. The van der Waals surface area contributed by atoms with Crippen LogP contribution in [0.2, 0.25) is 0 Å². The van der Waals surface area contributed by atoms with Crippen LogP contribution in [0.4, 0.5) is 0 Å². The fourth-order valence-electron chi connectivity index (χ4n) is 2.08. The molecule has 0 rings (SSSR count). The summed E-state index contributed by atoms with van der Waals surface area (Å²) in [6.45, 7) is 11.0. The zero-order chi connectivity index (χ0) is 13.3. The Kier molecular flexibility index (Phi) is 9.14. The van der Waals surface area contributed by atoms with E-state index in [0.29, 0.717) is 6.54 Å². The molecule has 17 heavy (non-hydrogen) atoms. The Morgan fingerprint density at radius 2 is 1.88 bits per heavy atom. The first-order valence-corrected chi connectivity index (χ1v) is 7.00. The van der Waals surface area contributed by atoms with Gasteiger partial charge >= 0.3 is 5.97 Å². The summed E-state index contributed by atoms with van der Waals surface area (Å²) in [5, 5.41) is 8.93. The topological polar surface area (TPSA) is 40.5 Å². The minimum atomic E-state index is -0.690. The summed E-state index contributed by atoms with van der Waals surface area (Å²) in [6, 6.07) is 0. The summed E-state index contributed by atoms with van der Waals surface area (Å²) in [5.41, 5.74) is 0. The predicted octanol–water partition coefficient (Wildman–Crippen LogP) is 3.25. The lowest BCUT2D eigenvalue weighted by Crippen LogP contribution is -2.35. The molecule has 0 spiro atoms. The molecule has 0 aliphatic carbocycles. The highest BCUT2D eigenvalue weighted by Crippen LogP contribution is 2.15. The van der Waals surface area contributed by atoms with Crippen molar-refractivity contribution in [1.29, 1.82) is 0 Å². The fourth-order valence-corrected chi connectivity index (χ4v) is 2.08. The van der Waals surface area contributed by atoms with Gasteiger partial charge in [-0.15, -0.1) is 0 Å². The van der Waals surface area contributed by atoms with E-state index in [1.165, 1.54) is 25.7 Å². The average Bonchev–Trinajstić information content (AvgIpc) is 2.32. The van der Waals surface area contributed by atoms with E-state index in [9.17, 15) is 4.79 Å². The standard InChI is InChI=1S/C14H29NO2/c1-5-8-9-13(6-2)11-15(7-3)10-12(4)14(16)17/h12-13H,5-11H2,1-4H3,(H,16,17). The molecule has 0 aliphatic heterocycles. The third kappa shape index (κ3) is 7.37. The van der Waals surface area contributed by atoms with Crippen LogP contribution >= 0.6 is 0 Å². The molecule has 0 aromatic heterocycles.